The molecule has 138 valence electrons. The fourth-order valence-electron chi connectivity index (χ4n) is 1.52. The minimum atomic E-state index is -4.22. The molecule has 0 unspecified atom stereocenters. The maximum absolute atomic E-state index is 12.0. The Kier molecular flexibility index (Phi) is 6.97. The van der Waals surface area contributed by atoms with Crippen LogP contribution in [0.25, 0.3) is 0 Å². The van der Waals surface area contributed by atoms with Crippen molar-refractivity contribution in [2.24, 2.45) is 0 Å². The minimum absolute atomic E-state index is 0.0214. The summed E-state index contributed by atoms with van der Waals surface area (Å²) in [4.78, 5) is 13.8. The normalized spacial score (nSPS) is 11.0. The monoisotopic (exact) mass is 438 g/mol. The highest BCUT2D eigenvalue weighted by molar-refractivity contribution is 8.02. The molecule has 2 aromatic heterocycles. The lowest BCUT2D eigenvalue weighted by Gasteiger charge is -2.05. The Morgan fingerprint density at radius 1 is 1.23 bits per heavy atom. The molecule has 0 bridgehead atoms. The summed E-state index contributed by atoms with van der Waals surface area (Å²) in [6.45, 7) is 1.63. The number of aryl methyl sites for hydroxylation is 1. The summed E-state index contributed by atoms with van der Waals surface area (Å²) < 4.78 is 37.7. The van der Waals surface area contributed by atoms with Crippen molar-refractivity contribution in [1.29, 1.82) is 0 Å². The molecule has 0 aliphatic heterocycles. The van der Waals surface area contributed by atoms with Crippen LogP contribution in [0.2, 0.25) is 0 Å². The van der Waals surface area contributed by atoms with E-state index in [2.05, 4.69) is 27.8 Å². The van der Waals surface area contributed by atoms with Gasteiger partial charge in [0, 0.05) is 0 Å². The molecule has 0 N–H and O–H groups in total. The zero-order chi connectivity index (χ0) is 19.3. The van der Waals surface area contributed by atoms with Crippen molar-refractivity contribution < 1.29 is 18.1 Å². The van der Waals surface area contributed by atoms with Gasteiger partial charge in [0.15, 0.2) is 13.0 Å². The summed E-state index contributed by atoms with van der Waals surface area (Å²) in [6, 6.07) is 5.22. The van der Waals surface area contributed by atoms with Gasteiger partial charge in [0.05, 0.1) is 10.5 Å². The van der Waals surface area contributed by atoms with E-state index in [9.17, 15) is 23.3 Å². The van der Waals surface area contributed by atoms with Gasteiger partial charge in [-0.05, 0) is 36.1 Å². The molecular formula is C13H9F3N4O2S4. The van der Waals surface area contributed by atoms with E-state index in [1.54, 1.807) is 13.0 Å². The Balaban J connectivity index is 0.000000197. The quantitative estimate of drug-likeness (QED) is 0.337. The largest absolute Gasteiger partial charge is 0.416 e. The molecule has 0 fully saturated rings. The zero-order valence-electron chi connectivity index (χ0n) is 12.8. The number of alkyl halides is 3. The van der Waals surface area contributed by atoms with Crippen molar-refractivity contribution in [3.63, 3.8) is 0 Å². The van der Waals surface area contributed by atoms with E-state index in [4.69, 9.17) is 0 Å². The maximum Gasteiger partial charge on any atom is 0.416 e. The number of nitrogens with zero attached hydrogens (tertiary/aromatic N) is 4. The Morgan fingerprint density at radius 3 is 2.42 bits per heavy atom. The molecule has 1 aromatic carbocycles. The van der Waals surface area contributed by atoms with Crippen LogP contribution in [0, 0.1) is 17.0 Å². The van der Waals surface area contributed by atoms with Gasteiger partial charge in [0.1, 0.15) is 6.20 Å². The van der Waals surface area contributed by atoms with E-state index in [0.29, 0.717) is 18.6 Å². The third-order valence-electron chi connectivity index (χ3n) is 2.57. The predicted molar refractivity (Wildman–Crippen MR) is 96.2 cm³/mol. The van der Waals surface area contributed by atoms with E-state index in [-0.39, 0.29) is 5.00 Å². The highest BCUT2D eigenvalue weighted by Crippen LogP contribution is 2.35. The van der Waals surface area contributed by atoms with Gasteiger partial charge in [0.2, 0.25) is 0 Å². The van der Waals surface area contributed by atoms with Crippen molar-refractivity contribution in [1.82, 2.24) is 15.2 Å². The SMILES string of the molecule is Cc1cccc(C(F)(F)F)c1.O=[N+]([O-])c1cnc(Sc2nnc(S)s2)s1. The Bertz CT molecular complexity index is 897. The highest BCUT2D eigenvalue weighted by atomic mass is 32.2. The maximum atomic E-state index is 12.0. The van der Waals surface area contributed by atoms with Crippen molar-refractivity contribution in [2.45, 2.75) is 26.1 Å². The van der Waals surface area contributed by atoms with Gasteiger partial charge >= 0.3 is 11.2 Å². The second-order valence-electron chi connectivity index (χ2n) is 4.54. The van der Waals surface area contributed by atoms with E-state index < -0.39 is 16.7 Å². The molecule has 0 amide bonds. The van der Waals surface area contributed by atoms with Gasteiger partial charge in [-0.25, -0.2) is 4.98 Å². The van der Waals surface area contributed by atoms with E-state index in [1.165, 1.54) is 35.4 Å². The molecule has 0 radical (unpaired) electrons. The number of thiol groups is 1. The van der Waals surface area contributed by atoms with Gasteiger partial charge in [0.25, 0.3) is 0 Å². The predicted octanol–water partition coefficient (Wildman–Crippen LogP) is 5.36. The molecule has 0 aliphatic rings. The second-order valence-corrected chi connectivity index (χ2v) is 8.75. The Morgan fingerprint density at radius 2 is 1.96 bits per heavy atom. The number of rotatable bonds is 3. The summed E-state index contributed by atoms with van der Waals surface area (Å²) in [6.07, 6.45) is -2.98. The smallest absolute Gasteiger partial charge is 0.257 e. The third kappa shape index (κ3) is 6.23. The molecule has 6 nitrogen and oxygen atoms in total. The minimum Gasteiger partial charge on any atom is -0.257 e. The number of hydrogen-bond donors (Lipinski definition) is 1. The van der Waals surface area contributed by atoms with Gasteiger partial charge in [-0.3, -0.25) is 10.1 Å². The molecule has 0 spiro atoms. The average Bonchev–Trinajstić information content (AvgIpc) is 3.17. The fourth-order valence-corrected chi connectivity index (χ4v) is 4.59. The third-order valence-corrected chi connectivity index (χ3v) is 5.73. The molecule has 3 aromatic rings. The van der Waals surface area contributed by atoms with Crippen molar-refractivity contribution >= 4 is 52.1 Å². The van der Waals surface area contributed by atoms with Crippen LogP contribution in [0.1, 0.15) is 11.1 Å². The topological polar surface area (TPSA) is 81.8 Å². The van der Waals surface area contributed by atoms with Crippen molar-refractivity contribution in [3.05, 3.63) is 51.7 Å². The van der Waals surface area contributed by atoms with Crippen LogP contribution < -0.4 is 0 Å². The molecule has 2 heterocycles. The number of benzene rings is 1. The summed E-state index contributed by atoms with van der Waals surface area (Å²) in [7, 11) is 0. The van der Waals surface area contributed by atoms with E-state index >= 15 is 0 Å². The zero-order valence-corrected chi connectivity index (χ0v) is 16.1. The summed E-state index contributed by atoms with van der Waals surface area (Å²) in [5.74, 6) is 0. The van der Waals surface area contributed by atoms with Crippen molar-refractivity contribution in [3.8, 4) is 0 Å². The standard InChI is InChI=1S/C8H7F3.C5H2N4O2S4/c1-6-3-2-4-7(5-6)8(9,10)11;10-9(11)2-1-6-4(13-2)15-5-8-7-3(12)14-5/h2-5H,1H3;1H,(H,7,12). The second kappa shape index (κ2) is 8.79. The van der Waals surface area contributed by atoms with Crippen LogP contribution >= 0.6 is 47.1 Å². The van der Waals surface area contributed by atoms with Crippen LogP contribution in [0.5, 0.6) is 0 Å². The van der Waals surface area contributed by atoms with Gasteiger partial charge in [-0.2, -0.15) is 13.2 Å². The first-order valence-corrected chi connectivity index (χ1v) is 9.49. The molecule has 3 rings (SSSR count). The summed E-state index contributed by atoms with van der Waals surface area (Å²) >= 11 is 7.58. The van der Waals surface area contributed by atoms with Gasteiger partial charge in [-0.15, -0.1) is 22.8 Å². The van der Waals surface area contributed by atoms with E-state index in [0.717, 1.165) is 23.5 Å². The number of aromatic nitrogens is 3. The summed E-state index contributed by atoms with van der Waals surface area (Å²) in [5.41, 5.74) is 0.0392. The molecule has 0 atom stereocenters. The lowest BCUT2D eigenvalue weighted by molar-refractivity contribution is -0.380. The molecular weight excluding hydrogens is 429 g/mol. The Hall–Kier alpha value is -1.70. The van der Waals surface area contributed by atoms with Crippen molar-refractivity contribution in [2.75, 3.05) is 0 Å². The average molecular weight is 439 g/mol. The van der Waals surface area contributed by atoms with Gasteiger partial charge < -0.3 is 0 Å². The number of thiazole rings is 1. The van der Waals surface area contributed by atoms with E-state index in [1.807, 2.05) is 0 Å². The van der Waals surface area contributed by atoms with Crippen LogP contribution in [-0.4, -0.2) is 20.1 Å². The molecule has 0 saturated heterocycles. The van der Waals surface area contributed by atoms with Gasteiger partial charge in [-0.1, -0.05) is 35.1 Å². The lowest BCUT2D eigenvalue weighted by Crippen LogP contribution is -2.04. The lowest BCUT2D eigenvalue weighted by atomic mass is 10.1. The first kappa shape index (κ1) is 20.6. The first-order chi connectivity index (χ1) is 12.1. The molecule has 13 heteroatoms. The molecule has 0 aliphatic carbocycles. The Labute approximate surface area is 163 Å². The number of nitro groups is 1. The molecule has 0 saturated carbocycles. The van der Waals surface area contributed by atoms with Crippen LogP contribution in [0.15, 0.2) is 43.5 Å². The van der Waals surface area contributed by atoms with Crippen LogP contribution in [0.3, 0.4) is 0 Å². The molecule has 26 heavy (non-hydrogen) atoms. The number of halogens is 3. The fraction of sp³-hybridized carbons (Fsp3) is 0.154. The summed E-state index contributed by atoms with van der Waals surface area (Å²) in [5, 5.41) is 17.9. The van der Waals surface area contributed by atoms with Crippen LogP contribution in [0.4, 0.5) is 18.2 Å². The highest BCUT2D eigenvalue weighted by Gasteiger charge is 2.29. The number of hydrogen-bond acceptors (Lipinski definition) is 9. The van der Waals surface area contributed by atoms with Crippen LogP contribution in [-0.2, 0) is 6.18 Å². The first-order valence-electron chi connectivity index (χ1n) is 6.59.